The molecule has 1 amide bonds. The van der Waals surface area contributed by atoms with Crippen LogP contribution in [0.5, 0.6) is 0 Å². The Morgan fingerprint density at radius 1 is 1.35 bits per heavy atom. The molecule has 20 heavy (non-hydrogen) atoms. The smallest absolute Gasteiger partial charge is 0.251 e. The van der Waals surface area contributed by atoms with Gasteiger partial charge in [-0.15, -0.1) is 0 Å². The van der Waals surface area contributed by atoms with Gasteiger partial charge in [-0.25, -0.2) is 4.39 Å². The largest absolute Gasteiger partial charge is 0.396 e. The Hall–Kier alpha value is -1.62. The van der Waals surface area contributed by atoms with Gasteiger partial charge >= 0.3 is 0 Å². The molecule has 5 heteroatoms. The first kappa shape index (κ1) is 14.8. The van der Waals surface area contributed by atoms with Crippen molar-refractivity contribution in [1.29, 1.82) is 0 Å². The zero-order chi connectivity index (χ0) is 14.4. The van der Waals surface area contributed by atoms with Crippen LogP contribution >= 0.6 is 0 Å². The van der Waals surface area contributed by atoms with Crippen LogP contribution < -0.4 is 11.1 Å². The summed E-state index contributed by atoms with van der Waals surface area (Å²) < 4.78 is 18.7. The van der Waals surface area contributed by atoms with Gasteiger partial charge in [0.25, 0.3) is 5.91 Å². The van der Waals surface area contributed by atoms with E-state index in [1.807, 2.05) is 0 Å². The van der Waals surface area contributed by atoms with Crippen LogP contribution in [0.3, 0.4) is 0 Å². The molecule has 2 rings (SSSR count). The minimum atomic E-state index is -0.512. The van der Waals surface area contributed by atoms with Crippen molar-refractivity contribution in [3.8, 4) is 0 Å². The number of nitrogens with two attached hydrogens (primary N) is 1. The number of rotatable bonds is 5. The molecule has 4 nitrogen and oxygen atoms in total. The minimum absolute atomic E-state index is 0.0175. The van der Waals surface area contributed by atoms with E-state index in [0.29, 0.717) is 24.8 Å². The first-order chi connectivity index (χ1) is 9.66. The fourth-order valence-electron chi connectivity index (χ4n) is 2.41. The Kier molecular flexibility index (Phi) is 5.35. The van der Waals surface area contributed by atoms with Crippen LogP contribution in [0.1, 0.15) is 42.5 Å². The number of halogens is 1. The molecule has 1 aromatic carbocycles. The second-order valence-corrected chi connectivity index (χ2v) is 5.12. The van der Waals surface area contributed by atoms with Crippen molar-refractivity contribution in [3.63, 3.8) is 0 Å². The highest BCUT2D eigenvalue weighted by Gasteiger charge is 2.13. The van der Waals surface area contributed by atoms with Crippen LogP contribution in [0.25, 0.3) is 0 Å². The minimum Gasteiger partial charge on any atom is -0.396 e. The van der Waals surface area contributed by atoms with E-state index >= 15 is 0 Å². The van der Waals surface area contributed by atoms with E-state index in [1.54, 1.807) is 0 Å². The van der Waals surface area contributed by atoms with E-state index in [0.717, 1.165) is 12.8 Å². The molecule has 1 fully saturated rings. The second-order valence-electron chi connectivity index (χ2n) is 5.12. The zero-order valence-corrected chi connectivity index (χ0v) is 11.5. The highest BCUT2D eigenvalue weighted by Crippen LogP contribution is 2.19. The molecule has 0 unspecified atom stereocenters. The Morgan fingerprint density at radius 3 is 2.80 bits per heavy atom. The summed E-state index contributed by atoms with van der Waals surface area (Å²) in [6.45, 7) is 0.958. The van der Waals surface area contributed by atoms with Gasteiger partial charge in [-0.1, -0.05) is 19.3 Å². The molecule has 0 aromatic heterocycles. The van der Waals surface area contributed by atoms with Crippen molar-refractivity contribution in [2.24, 2.45) is 0 Å². The van der Waals surface area contributed by atoms with Gasteiger partial charge in [0.2, 0.25) is 0 Å². The number of hydrogen-bond donors (Lipinski definition) is 2. The Labute approximate surface area is 118 Å². The lowest BCUT2D eigenvalue weighted by Gasteiger charge is -2.22. The molecule has 0 radical (unpaired) electrons. The van der Waals surface area contributed by atoms with Crippen LogP contribution in [0, 0.1) is 5.82 Å². The van der Waals surface area contributed by atoms with Gasteiger partial charge in [-0.2, -0.15) is 0 Å². The van der Waals surface area contributed by atoms with Crippen LogP contribution in [0.15, 0.2) is 18.2 Å². The van der Waals surface area contributed by atoms with Gasteiger partial charge in [0.05, 0.1) is 18.4 Å². The summed E-state index contributed by atoms with van der Waals surface area (Å²) in [5.41, 5.74) is 5.78. The number of carbonyl (C=O) groups excluding carboxylic acids is 1. The van der Waals surface area contributed by atoms with E-state index in [2.05, 4.69) is 5.32 Å². The molecular weight excluding hydrogens is 259 g/mol. The summed E-state index contributed by atoms with van der Waals surface area (Å²) in [5, 5.41) is 2.74. The van der Waals surface area contributed by atoms with E-state index in [4.69, 9.17) is 10.5 Å². The fourth-order valence-corrected chi connectivity index (χ4v) is 2.41. The summed E-state index contributed by atoms with van der Waals surface area (Å²) in [6.07, 6.45) is 6.31. The number of hydrogen-bond acceptors (Lipinski definition) is 3. The van der Waals surface area contributed by atoms with Crippen LogP contribution in [0.4, 0.5) is 10.1 Å². The maximum Gasteiger partial charge on any atom is 0.251 e. The normalized spacial score (nSPS) is 16.1. The number of nitrogens with one attached hydrogen (secondary N) is 1. The van der Waals surface area contributed by atoms with E-state index in [1.165, 1.54) is 37.5 Å². The lowest BCUT2D eigenvalue weighted by Crippen LogP contribution is -2.29. The summed E-state index contributed by atoms with van der Waals surface area (Å²) in [6, 6.07) is 3.96. The molecule has 0 saturated heterocycles. The predicted octanol–water partition coefficient (Wildman–Crippen LogP) is 2.49. The average Bonchev–Trinajstić information content (AvgIpc) is 2.47. The molecular formula is C15H21FN2O2. The Bertz CT molecular complexity index is 459. The maximum absolute atomic E-state index is 13.0. The molecule has 3 N–H and O–H groups in total. The summed E-state index contributed by atoms with van der Waals surface area (Å²) in [7, 11) is 0. The third-order valence-electron chi connectivity index (χ3n) is 3.55. The first-order valence-corrected chi connectivity index (χ1v) is 7.11. The van der Waals surface area contributed by atoms with Crippen LogP contribution in [0.2, 0.25) is 0 Å². The highest BCUT2D eigenvalue weighted by atomic mass is 19.1. The topological polar surface area (TPSA) is 64.4 Å². The predicted molar refractivity (Wildman–Crippen MR) is 76.0 cm³/mol. The second kappa shape index (κ2) is 7.24. The third-order valence-corrected chi connectivity index (χ3v) is 3.55. The lowest BCUT2D eigenvalue weighted by atomic mass is 9.98. The van der Waals surface area contributed by atoms with Crippen molar-refractivity contribution < 1.29 is 13.9 Å². The Balaban J connectivity index is 1.70. The van der Waals surface area contributed by atoms with Gasteiger partial charge in [-0.05, 0) is 31.0 Å². The third kappa shape index (κ3) is 4.20. The molecule has 110 valence electrons. The van der Waals surface area contributed by atoms with Gasteiger partial charge < -0.3 is 15.8 Å². The highest BCUT2D eigenvalue weighted by molar-refractivity contribution is 5.95. The average molecular weight is 280 g/mol. The van der Waals surface area contributed by atoms with Crippen molar-refractivity contribution in [1.82, 2.24) is 5.32 Å². The zero-order valence-electron chi connectivity index (χ0n) is 11.5. The summed E-state index contributed by atoms with van der Waals surface area (Å²) in [5.74, 6) is -0.772. The van der Waals surface area contributed by atoms with Gasteiger partial charge in [0, 0.05) is 12.1 Å². The number of ether oxygens (including phenoxy) is 1. The molecule has 1 aliphatic carbocycles. The van der Waals surface area contributed by atoms with Crippen molar-refractivity contribution >= 4 is 11.6 Å². The number of carbonyl (C=O) groups is 1. The van der Waals surface area contributed by atoms with Gasteiger partial charge in [-0.3, -0.25) is 4.79 Å². The number of nitrogen functional groups attached to an aromatic ring is 1. The molecule has 0 spiro atoms. The van der Waals surface area contributed by atoms with Crippen LogP contribution in [-0.2, 0) is 4.74 Å². The van der Waals surface area contributed by atoms with E-state index < -0.39 is 5.82 Å². The molecule has 1 saturated carbocycles. The summed E-state index contributed by atoms with van der Waals surface area (Å²) in [4.78, 5) is 11.8. The first-order valence-electron chi connectivity index (χ1n) is 7.11. The fraction of sp³-hybridized carbons (Fsp3) is 0.533. The molecule has 1 aromatic rings. The monoisotopic (exact) mass is 280 g/mol. The van der Waals surface area contributed by atoms with E-state index in [9.17, 15) is 9.18 Å². The standard InChI is InChI=1S/C15H21FN2O2/c16-13-7-6-11(10-14(13)17)15(19)18-8-9-20-12-4-2-1-3-5-12/h6-7,10,12H,1-5,8-9,17H2,(H,18,19). The molecule has 1 aliphatic rings. The van der Waals surface area contributed by atoms with Crippen LogP contribution in [-0.4, -0.2) is 25.2 Å². The number of amides is 1. The Morgan fingerprint density at radius 2 is 2.10 bits per heavy atom. The van der Waals surface area contributed by atoms with Crippen molar-refractivity contribution in [3.05, 3.63) is 29.6 Å². The van der Waals surface area contributed by atoms with Gasteiger partial charge in [0.15, 0.2) is 0 Å². The van der Waals surface area contributed by atoms with E-state index in [-0.39, 0.29) is 11.6 Å². The SMILES string of the molecule is Nc1cc(C(=O)NCCOC2CCCCC2)ccc1F. The lowest BCUT2D eigenvalue weighted by molar-refractivity contribution is 0.0299. The van der Waals surface area contributed by atoms with Crippen molar-refractivity contribution in [2.45, 2.75) is 38.2 Å². The summed E-state index contributed by atoms with van der Waals surface area (Å²) >= 11 is 0. The molecule has 0 atom stereocenters. The molecule has 0 aliphatic heterocycles. The number of anilines is 1. The van der Waals surface area contributed by atoms with Crippen molar-refractivity contribution in [2.75, 3.05) is 18.9 Å². The van der Waals surface area contributed by atoms with Gasteiger partial charge in [0.1, 0.15) is 5.82 Å². The quantitative estimate of drug-likeness (QED) is 0.643. The molecule has 0 heterocycles. The molecule has 0 bridgehead atoms. The maximum atomic E-state index is 13.0. The number of benzene rings is 1.